The third-order valence-electron chi connectivity index (χ3n) is 3.38. The van der Waals surface area contributed by atoms with E-state index < -0.39 is 0 Å². The van der Waals surface area contributed by atoms with Crippen molar-refractivity contribution in [2.75, 3.05) is 18.9 Å². The van der Waals surface area contributed by atoms with Crippen LogP contribution < -0.4 is 5.73 Å². The second kappa shape index (κ2) is 12.8. The van der Waals surface area contributed by atoms with Gasteiger partial charge in [0.15, 0.2) is 0 Å². The molecule has 0 radical (unpaired) electrons. The third kappa shape index (κ3) is 9.26. The van der Waals surface area contributed by atoms with Crippen LogP contribution in [0.3, 0.4) is 0 Å². The summed E-state index contributed by atoms with van der Waals surface area (Å²) in [4.78, 5) is 24.8. The van der Waals surface area contributed by atoms with Crippen molar-refractivity contribution in [3.8, 4) is 0 Å². The van der Waals surface area contributed by atoms with Gasteiger partial charge in [0.05, 0.1) is 26.1 Å². The van der Waals surface area contributed by atoms with Gasteiger partial charge in [-0.05, 0) is 42.6 Å². The monoisotopic (exact) mass is 384 g/mol. The summed E-state index contributed by atoms with van der Waals surface area (Å²) in [5.41, 5.74) is 16.7. The molecular weight excluding hydrogens is 360 g/mol. The van der Waals surface area contributed by atoms with Crippen LogP contribution in [-0.2, 0) is 31.9 Å². The average Bonchev–Trinajstić information content (AvgIpc) is 2.66. The molecule has 0 aromatic heterocycles. The molecule has 0 spiro atoms. The largest absolute Gasteiger partial charge is 0.466 e. The van der Waals surface area contributed by atoms with Gasteiger partial charge >= 0.3 is 11.9 Å². The van der Waals surface area contributed by atoms with Gasteiger partial charge in [0.25, 0.3) is 0 Å². The van der Waals surface area contributed by atoms with Crippen LogP contribution in [0.5, 0.6) is 0 Å². The molecule has 8 heteroatoms. The molecular formula is C20H24N4O4. The number of azide groups is 1. The highest BCUT2D eigenvalue weighted by Gasteiger charge is 2.03. The van der Waals surface area contributed by atoms with Gasteiger partial charge in [-0.25, -0.2) is 0 Å². The summed E-state index contributed by atoms with van der Waals surface area (Å²) in [6.45, 7) is 4.37. The number of hydrogen-bond donors (Lipinski definition) is 1. The Kier molecular flexibility index (Phi) is 10.3. The molecule has 0 aliphatic rings. The average molecular weight is 384 g/mol. The van der Waals surface area contributed by atoms with Crippen molar-refractivity contribution in [1.82, 2.24) is 0 Å². The zero-order chi connectivity index (χ0) is 20.8. The van der Waals surface area contributed by atoms with E-state index in [1.54, 1.807) is 50.2 Å². The third-order valence-corrected chi connectivity index (χ3v) is 3.38. The summed E-state index contributed by atoms with van der Waals surface area (Å²) in [6, 6.07) is 14.0. The Morgan fingerprint density at radius 1 is 0.893 bits per heavy atom. The highest BCUT2D eigenvalue weighted by Crippen LogP contribution is 2.13. The molecule has 0 bridgehead atoms. The second-order valence-electron chi connectivity index (χ2n) is 5.56. The van der Waals surface area contributed by atoms with E-state index in [0.717, 1.165) is 11.1 Å². The molecule has 0 atom stereocenters. The number of esters is 2. The van der Waals surface area contributed by atoms with Crippen molar-refractivity contribution < 1.29 is 19.1 Å². The Morgan fingerprint density at radius 2 is 1.32 bits per heavy atom. The van der Waals surface area contributed by atoms with Gasteiger partial charge < -0.3 is 15.2 Å². The number of nitrogens with two attached hydrogens (primary N) is 1. The minimum atomic E-state index is -0.256. The summed E-state index contributed by atoms with van der Waals surface area (Å²) in [5, 5.41) is 3.43. The number of carbonyl (C=O) groups excluding carboxylic acids is 2. The fourth-order valence-electron chi connectivity index (χ4n) is 2.12. The van der Waals surface area contributed by atoms with Gasteiger partial charge in [-0.15, -0.1) is 0 Å². The molecule has 0 saturated carbocycles. The molecule has 0 aliphatic carbocycles. The molecule has 0 unspecified atom stereocenters. The predicted octanol–water partition coefficient (Wildman–Crippen LogP) is 4.11. The molecule has 0 saturated heterocycles. The quantitative estimate of drug-likeness (QED) is 0.253. The Balaban J connectivity index is 0.000000283. The molecule has 2 N–H and O–H groups in total. The number of ether oxygens (including phenoxy) is 2. The van der Waals surface area contributed by atoms with Crippen LogP contribution in [0.4, 0.5) is 11.4 Å². The van der Waals surface area contributed by atoms with Gasteiger partial charge in [-0.2, -0.15) is 0 Å². The van der Waals surface area contributed by atoms with Crippen LogP contribution >= 0.6 is 0 Å². The highest BCUT2D eigenvalue weighted by atomic mass is 16.5. The maximum atomic E-state index is 11.1. The molecule has 0 heterocycles. The van der Waals surface area contributed by atoms with E-state index in [-0.39, 0.29) is 18.4 Å². The Morgan fingerprint density at radius 3 is 1.71 bits per heavy atom. The van der Waals surface area contributed by atoms with Gasteiger partial charge in [0, 0.05) is 16.3 Å². The first-order chi connectivity index (χ1) is 13.5. The zero-order valence-corrected chi connectivity index (χ0v) is 16.0. The minimum Gasteiger partial charge on any atom is -0.466 e. The first-order valence-electron chi connectivity index (χ1n) is 8.78. The molecule has 0 fully saturated rings. The van der Waals surface area contributed by atoms with Gasteiger partial charge in [0.1, 0.15) is 0 Å². The molecule has 28 heavy (non-hydrogen) atoms. The van der Waals surface area contributed by atoms with Gasteiger partial charge in [0.2, 0.25) is 0 Å². The lowest BCUT2D eigenvalue weighted by Gasteiger charge is -2.01. The van der Waals surface area contributed by atoms with Crippen molar-refractivity contribution in [3.05, 3.63) is 70.1 Å². The smallest absolute Gasteiger partial charge is 0.310 e. The number of benzene rings is 2. The van der Waals surface area contributed by atoms with E-state index in [1.165, 1.54) is 0 Å². The van der Waals surface area contributed by atoms with E-state index in [4.69, 9.17) is 20.7 Å². The van der Waals surface area contributed by atoms with E-state index in [0.29, 0.717) is 31.0 Å². The number of hydrogen-bond acceptors (Lipinski definition) is 6. The second-order valence-corrected chi connectivity index (χ2v) is 5.56. The van der Waals surface area contributed by atoms with Crippen molar-refractivity contribution in [2.45, 2.75) is 26.7 Å². The maximum Gasteiger partial charge on any atom is 0.310 e. The highest BCUT2D eigenvalue weighted by molar-refractivity contribution is 5.73. The first kappa shape index (κ1) is 22.5. The maximum absolute atomic E-state index is 11.1. The Hall–Kier alpha value is -3.51. The number of anilines is 1. The van der Waals surface area contributed by atoms with Crippen LogP contribution in [0.15, 0.2) is 53.6 Å². The first-order valence-corrected chi connectivity index (χ1v) is 8.78. The summed E-state index contributed by atoms with van der Waals surface area (Å²) in [5.74, 6) is -0.457. The van der Waals surface area contributed by atoms with E-state index in [2.05, 4.69) is 10.0 Å². The molecule has 148 valence electrons. The van der Waals surface area contributed by atoms with Crippen molar-refractivity contribution in [1.29, 1.82) is 0 Å². The summed E-state index contributed by atoms with van der Waals surface area (Å²) in [6.07, 6.45) is 0.554. The van der Waals surface area contributed by atoms with E-state index in [9.17, 15) is 9.59 Å². The number of nitrogens with zero attached hydrogens (tertiary/aromatic N) is 3. The van der Waals surface area contributed by atoms with Crippen molar-refractivity contribution in [2.24, 2.45) is 5.11 Å². The standard InChI is InChI=1S/C10H11N3O2.C10H13NO2/c1-2-15-10(14)7-8-3-5-9(6-4-8)12-13-11;1-2-13-10(12)7-8-3-5-9(11)6-4-8/h3-6H,2,7H2,1H3;3-6H,2,7,11H2,1H3. The molecule has 0 aliphatic heterocycles. The summed E-state index contributed by atoms with van der Waals surface area (Å²) >= 11 is 0. The fourth-order valence-corrected chi connectivity index (χ4v) is 2.12. The topological polar surface area (TPSA) is 127 Å². The molecule has 8 nitrogen and oxygen atoms in total. The van der Waals surface area contributed by atoms with Crippen LogP contribution in [0, 0.1) is 0 Å². The predicted molar refractivity (Wildman–Crippen MR) is 107 cm³/mol. The summed E-state index contributed by atoms with van der Waals surface area (Å²) < 4.78 is 9.61. The van der Waals surface area contributed by atoms with E-state index >= 15 is 0 Å². The normalized spacial score (nSPS) is 9.36. The lowest BCUT2D eigenvalue weighted by atomic mass is 10.1. The van der Waals surface area contributed by atoms with Gasteiger partial charge in [-0.3, -0.25) is 9.59 Å². The SMILES string of the molecule is CCOC(=O)Cc1ccc(N)cc1.CCOC(=O)Cc1ccc(N=[N+]=[N-])cc1. The number of nitrogen functional groups attached to an aromatic ring is 1. The molecule has 0 amide bonds. The van der Waals surface area contributed by atoms with Crippen LogP contribution in [0.25, 0.3) is 10.4 Å². The zero-order valence-electron chi connectivity index (χ0n) is 16.0. The van der Waals surface area contributed by atoms with Gasteiger partial charge in [-0.1, -0.05) is 41.5 Å². The van der Waals surface area contributed by atoms with Crippen molar-refractivity contribution in [3.63, 3.8) is 0 Å². The van der Waals surface area contributed by atoms with Crippen LogP contribution in [0.2, 0.25) is 0 Å². The lowest BCUT2D eigenvalue weighted by molar-refractivity contribution is -0.143. The van der Waals surface area contributed by atoms with Crippen molar-refractivity contribution >= 4 is 23.3 Å². The number of rotatable bonds is 7. The fraction of sp³-hybridized carbons (Fsp3) is 0.300. The Labute approximate surface area is 163 Å². The Bertz CT molecular complexity index is 798. The number of carbonyl (C=O) groups is 2. The van der Waals surface area contributed by atoms with E-state index in [1.807, 2.05) is 12.1 Å². The molecule has 2 aromatic rings. The van der Waals surface area contributed by atoms with Crippen LogP contribution in [0.1, 0.15) is 25.0 Å². The molecule has 2 rings (SSSR count). The molecule has 2 aromatic carbocycles. The summed E-state index contributed by atoms with van der Waals surface area (Å²) in [7, 11) is 0. The minimum absolute atomic E-state index is 0.202. The lowest BCUT2D eigenvalue weighted by Crippen LogP contribution is -2.07. The van der Waals surface area contributed by atoms with Crippen LogP contribution in [-0.4, -0.2) is 25.2 Å².